The van der Waals surface area contributed by atoms with E-state index in [1.165, 1.54) is 23.5 Å². The van der Waals surface area contributed by atoms with Gasteiger partial charge >= 0.3 is 0 Å². The maximum atomic E-state index is 13.5. The fourth-order valence-electron chi connectivity index (χ4n) is 4.27. The van der Waals surface area contributed by atoms with Crippen LogP contribution >= 0.6 is 11.3 Å². The molecule has 2 aliphatic heterocycles. The molecule has 1 aromatic carbocycles. The lowest BCUT2D eigenvalue weighted by Gasteiger charge is -2.30. The van der Waals surface area contributed by atoms with E-state index in [0.717, 1.165) is 24.6 Å². The quantitative estimate of drug-likeness (QED) is 0.616. The molecule has 1 amide bonds. The van der Waals surface area contributed by atoms with E-state index in [2.05, 4.69) is 9.88 Å². The number of aryl methyl sites for hydroxylation is 2. The number of carbonyl (C=O) groups excluding carboxylic acids is 2. The van der Waals surface area contributed by atoms with Crippen molar-refractivity contribution in [1.29, 1.82) is 0 Å². The van der Waals surface area contributed by atoms with E-state index in [0.29, 0.717) is 42.3 Å². The van der Waals surface area contributed by atoms with Gasteiger partial charge < -0.3 is 19.8 Å². The molecule has 32 heavy (non-hydrogen) atoms. The van der Waals surface area contributed by atoms with Crippen LogP contribution in [-0.4, -0.2) is 76.1 Å². The second kappa shape index (κ2) is 9.40. The zero-order chi connectivity index (χ0) is 22.8. The summed E-state index contributed by atoms with van der Waals surface area (Å²) in [5.74, 6) is -1.35. The Hall–Kier alpha value is -2.75. The number of Topliss-reactive ketones (excluding diaryl/α,β-unsaturated/α-hetero) is 1. The number of benzene rings is 1. The number of ether oxygens (including phenoxy) is 1. The molecule has 0 saturated carbocycles. The number of phenols is 1. The molecule has 0 radical (unpaired) electrons. The van der Waals surface area contributed by atoms with Gasteiger partial charge in [-0.25, -0.2) is 4.98 Å². The Balaban J connectivity index is 1.63. The number of aliphatic hydroxyl groups is 1. The van der Waals surface area contributed by atoms with E-state index < -0.39 is 17.7 Å². The number of aromatic hydroxyl groups is 1. The smallest absolute Gasteiger partial charge is 0.290 e. The molecule has 2 aromatic rings. The summed E-state index contributed by atoms with van der Waals surface area (Å²) in [5.41, 5.74) is 1.31. The molecule has 9 heteroatoms. The van der Waals surface area contributed by atoms with Crippen LogP contribution in [-0.2, 0) is 9.53 Å². The molecule has 0 bridgehead atoms. The summed E-state index contributed by atoms with van der Waals surface area (Å²) in [7, 11) is 0. The van der Waals surface area contributed by atoms with Crippen LogP contribution in [0.25, 0.3) is 0 Å². The van der Waals surface area contributed by atoms with Crippen LogP contribution < -0.4 is 0 Å². The van der Waals surface area contributed by atoms with Gasteiger partial charge in [-0.3, -0.25) is 14.5 Å². The van der Waals surface area contributed by atoms with Gasteiger partial charge in [0.25, 0.3) is 5.91 Å². The predicted octanol–water partition coefficient (Wildman–Crippen LogP) is 2.77. The van der Waals surface area contributed by atoms with E-state index >= 15 is 0 Å². The second-order valence-corrected chi connectivity index (χ2v) is 9.24. The molecule has 170 valence electrons. The fourth-order valence-corrected chi connectivity index (χ4v) is 5.15. The van der Waals surface area contributed by atoms with Gasteiger partial charge in [0, 0.05) is 26.2 Å². The molecule has 4 rings (SSSR count). The van der Waals surface area contributed by atoms with Crippen LogP contribution in [0.1, 0.15) is 38.4 Å². The minimum atomic E-state index is -0.720. The van der Waals surface area contributed by atoms with Crippen molar-refractivity contribution in [3.05, 3.63) is 56.7 Å². The number of hydrogen-bond acceptors (Lipinski definition) is 8. The molecule has 2 aliphatic rings. The number of aromatic nitrogens is 1. The molecule has 1 atom stereocenters. The molecule has 1 saturated heterocycles. The Labute approximate surface area is 190 Å². The van der Waals surface area contributed by atoms with Gasteiger partial charge in [0.2, 0.25) is 5.78 Å². The number of morpholine rings is 1. The minimum Gasteiger partial charge on any atom is -0.508 e. The maximum absolute atomic E-state index is 13.5. The molecule has 8 nitrogen and oxygen atoms in total. The summed E-state index contributed by atoms with van der Waals surface area (Å²) in [5, 5.41) is 21.2. The Bertz CT molecular complexity index is 1040. The van der Waals surface area contributed by atoms with E-state index in [1.54, 1.807) is 24.0 Å². The van der Waals surface area contributed by atoms with Gasteiger partial charge in [-0.15, -0.1) is 11.3 Å². The van der Waals surface area contributed by atoms with Crippen LogP contribution in [0.5, 0.6) is 5.75 Å². The Morgan fingerprint density at radius 3 is 2.47 bits per heavy atom. The molecule has 1 fully saturated rings. The first kappa shape index (κ1) is 22.4. The number of aliphatic hydroxyl groups excluding tert-OH is 1. The van der Waals surface area contributed by atoms with Crippen molar-refractivity contribution in [3.8, 4) is 5.75 Å². The van der Waals surface area contributed by atoms with Gasteiger partial charge in [-0.2, -0.15) is 0 Å². The molecular weight excluding hydrogens is 430 g/mol. The van der Waals surface area contributed by atoms with Gasteiger partial charge in [-0.1, -0.05) is 12.1 Å². The second-order valence-electron chi connectivity index (χ2n) is 8.04. The zero-order valence-corrected chi connectivity index (χ0v) is 19.0. The van der Waals surface area contributed by atoms with Gasteiger partial charge in [0.05, 0.1) is 40.4 Å². The van der Waals surface area contributed by atoms with Gasteiger partial charge in [-0.05, 0) is 38.0 Å². The van der Waals surface area contributed by atoms with Crippen molar-refractivity contribution >= 4 is 23.0 Å². The number of carbonyl (C=O) groups is 2. The van der Waals surface area contributed by atoms with Crippen LogP contribution in [0.3, 0.4) is 0 Å². The number of thiazole rings is 1. The zero-order valence-electron chi connectivity index (χ0n) is 18.2. The van der Waals surface area contributed by atoms with Crippen molar-refractivity contribution in [2.75, 3.05) is 39.4 Å². The first-order valence-corrected chi connectivity index (χ1v) is 11.5. The highest BCUT2D eigenvalue weighted by Crippen LogP contribution is 2.40. The molecule has 2 N–H and O–H groups in total. The first-order chi connectivity index (χ1) is 15.4. The summed E-state index contributed by atoms with van der Waals surface area (Å²) in [6.07, 6.45) is 0.702. The predicted molar refractivity (Wildman–Crippen MR) is 120 cm³/mol. The van der Waals surface area contributed by atoms with Crippen LogP contribution in [0.4, 0.5) is 0 Å². The van der Waals surface area contributed by atoms with Crippen molar-refractivity contribution in [1.82, 2.24) is 14.8 Å². The first-order valence-electron chi connectivity index (χ1n) is 10.7. The molecule has 3 heterocycles. The number of phenolic OH excluding ortho intramolecular Hbond substituents is 1. The lowest BCUT2D eigenvalue weighted by molar-refractivity contribution is -0.129. The van der Waals surface area contributed by atoms with E-state index in [1.807, 2.05) is 6.92 Å². The van der Waals surface area contributed by atoms with Gasteiger partial charge in [0.1, 0.15) is 5.75 Å². The number of nitrogens with zero attached hydrogens (tertiary/aromatic N) is 3. The maximum Gasteiger partial charge on any atom is 0.290 e. The van der Waals surface area contributed by atoms with Crippen LogP contribution in [0.2, 0.25) is 0 Å². The minimum absolute atomic E-state index is 0.0683. The highest BCUT2D eigenvalue weighted by molar-refractivity contribution is 7.14. The topological polar surface area (TPSA) is 103 Å². The highest BCUT2D eigenvalue weighted by atomic mass is 32.1. The third-order valence-electron chi connectivity index (χ3n) is 5.84. The number of hydrogen-bond donors (Lipinski definition) is 2. The van der Waals surface area contributed by atoms with Crippen molar-refractivity contribution in [2.45, 2.75) is 26.3 Å². The number of rotatable bonds is 7. The Kier molecular flexibility index (Phi) is 6.59. The van der Waals surface area contributed by atoms with E-state index in [4.69, 9.17) is 4.74 Å². The molecule has 0 aliphatic carbocycles. The van der Waals surface area contributed by atoms with Crippen LogP contribution in [0.15, 0.2) is 35.6 Å². The monoisotopic (exact) mass is 457 g/mol. The largest absolute Gasteiger partial charge is 0.508 e. The third kappa shape index (κ3) is 4.41. The summed E-state index contributed by atoms with van der Waals surface area (Å²) >= 11 is 1.26. The SMILES string of the molecule is Cc1nc(C)c(C(=O)C2=C(O)C(=O)N(CCCN3CCOCC3)C2c2ccc(O)cc2)s1. The molecule has 0 spiro atoms. The fraction of sp³-hybridized carbons (Fsp3) is 0.435. The van der Waals surface area contributed by atoms with E-state index in [9.17, 15) is 19.8 Å². The summed E-state index contributed by atoms with van der Waals surface area (Å²) in [6, 6.07) is 5.68. The Morgan fingerprint density at radius 2 is 1.84 bits per heavy atom. The summed E-state index contributed by atoms with van der Waals surface area (Å²) < 4.78 is 5.38. The highest BCUT2D eigenvalue weighted by Gasteiger charge is 2.44. The van der Waals surface area contributed by atoms with Crippen molar-refractivity contribution in [2.24, 2.45) is 0 Å². The average Bonchev–Trinajstić information content (AvgIpc) is 3.25. The third-order valence-corrected chi connectivity index (χ3v) is 6.92. The average molecular weight is 458 g/mol. The lowest BCUT2D eigenvalue weighted by Crippen LogP contribution is -2.39. The lowest BCUT2D eigenvalue weighted by atomic mass is 9.95. The number of amides is 1. The summed E-state index contributed by atoms with van der Waals surface area (Å²) in [6.45, 7) is 7.87. The molecule has 1 aromatic heterocycles. The molecular formula is C23H27N3O5S. The number of ketones is 1. The van der Waals surface area contributed by atoms with Crippen molar-refractivity contribution < 1.29 is 24.5 Å². The summed E-state index contributed by atoms with van der Waals surface area (Å²) in [4.78, 5) is 35.1. The Morgan fingerprint density at radius 1 is 1.16 bits per heavy atom. The molecule has 1 unspecified atom stereocenters. The normalized spacial score (nSPS) is 19.8. The standard InChI is InChI=1S/C23H27N3O5S/c1-14-22(32-15(2)24-14)20(28)18-19(16-4-6-17(27)7-5-16)26(23(30)21(18)29)9-3-8-25-10-12-31-13-11-25/h4-7,19,27,29H,3,8-13H2,1-2H3. The van der Waals surface area contributed by atoms with Crippen LogP contribution in [0, 0.1) is 13.8 Å². The van der Waals surface area contributed by atoms with Crippen molar-refractivity contribution in [3.63, 3.8) is 0 Å². The van der Waals surface area contributed by atoms with E-state index in [-0.39, 0.29) is 17.1 Å². The van der Waals surface area contributed by atoms with Gasteiger partial charge in [0.15, 0.2) is 5.76 Å².